The van der Waals surface area contributed by atoms with E-state index in [0.29, 0.717) is 0 Å². The molecule has 0 bridgehead atoms. The molecule has 8 aromatic rings. The molecule has 4 heterocycles. The molecule has 0 saturated carbocycles. The summed E-state index contributed by atoms with van der Waals surface area (Å²) in [5, 5.41) is 3.41. The lowest BCUT2D eigenvalue weighted by Gasteiger charge is -2.08. The van der Waals surface area contributed by atoms with E-state index >= 15 is 0 Å². The Labute approximate surface area is 212 Å². The molecule has 0 atom stereocenters. The summed E-state index contributed by atoms with van der Waals surface area (Å²) in [4.78, 5) is 14.4. The Hall–Kier alpha value is -5.09. The van der Waals surface area contributed by atoms with Crippen LogP contribution in [0.1, 0.15) is 0 Å². The second-order valence-corrected chi connectivity index (χ2v) is 9.35. The lowest BCUT2D eigenvalue weighted by Crippen LogP contribution is -1.90. The molecule has 0 aliphatic carbocycles. The standard InChI is InChI=1S/C33H20N4/c1-3-9-28-25(7-1)31(30-20-35-27-8-2-4-10-29(27)37(28)30)22-13-11-21(12-14-22)26-18-17-24-16-15-23-6-5-19-34-32(23)33(24)36-26/h1-20H. The first-order valence-corrected chi connectivity index (χ1v) is 12.4. The van der Waals surface area contributed by atoms with Crippen LogP contribution in [0.3, 0.4) is 0 Å². The molecule has 4 aromatic heterocycles. The largest absolute Gasteiger partial charge is 0.306 e. The summed E-state index contributed by atoms with van der Waals surface area (Å²) in [7, 11) is 0. The normalized spacial score (nSPS) is 11.8. The number of para-hydroxylation sites is 3. The van der Waals surface area contributed by atoms with E-state index < -0.39 is 0 Å². The quantitative estimate of drug-likeness (QED) is 0.239. The van der Waals surface area contributed by atoms with Crippen molar-refractivity contribution in [3.05, 3.63) is 122 Å². The van der Waals surface area contributed by atoms with E-state index in [9.17, 15) is 0 Å². The monoisotopic (exact) mass is 472 g/mol. The van der Waals surface area contributed by atoms with Gasteiger partial charge in [0.1, 0.15) is 0 Å². The smallest absolute Gasteiger partial charge is 0.0972 e. The fourth-order valence-electron chi connectivity index (χ4n) is 5.53. The van der Waals surface area contributed by atoms with E-state index in [2.05, 4.69) is 106 Å². The van der Waals surface area contributed by atoms with Crippen molar-refractivity contribution in [3.8, 4) is 22.4 Å². The van der Waals surface area contributed by atoms with E-state index in [1.807, 2.05) is 24.5 Å². The van der Waals surface area contributed by atoms with Crippen LogP contribution in [0.15, 0.2) is 122 Å². The van der Waals surface area contributed by atoms with Crippen LogP contribution in [-0.4, -0.2) is 19.4 Å². The van der Waals surface area contributed by atoms with Crippen molar-refractivity contribution in [1.82, 2.24) is 19.4 Å². The predicted octanol–water partition coefficient (Wildman–Crippen LogP) is 8.07. The minimum Gasteiger partial charge on any atom is -0.306 e. The number of hydrogen-bond acceptors (Lipinski definition) is 3. The molecule has 8 rings (SSSR count). The van der Waals surface area contributed by atoms with Gasteiger partial charge in [-0.05, 0) is 35.9 Å². The van der Waals surface area contributed by atoms with Gasteiger partial charge in [-0.15, -0.1) is 0 Å². The second kappa shape index (κ2) is 7.70. The lowest BCUT2D eigenvalue weighted by molar-refractivity contribution is 1.27. The SMILES string of the molecule is c1cnc2c(c1)ccc1ccc(-c3ccc(-c4c5ccccc5n5c4cnc4ccccc45)cc3)nc12. The van der Waals surface area contributed by atoms with Crippen molar-refractivity contribution in [2.24, 2.45) is 0 Å². The van der Waals surface area contributed by atoms with E-state index in [0.717, 1.165) is 55.2 Å². The highest BCUT2D eigenvalue weighted by Gasteiger charge is 2.16. The molecule has 0 fully saturated rings. The van der Waals surface area contributed by atoms with Gasteiger partial charge in [0.05, 0.1) is 45.0 Å². The van der Waals surface area contributed by atoms with Crippen LogP contribution in [0, 0.1) is 0 Å². The summed E-state index contributed by atoms with van der Waals surface area (Å²) in [6, 6.07) is 38.1. The summed E-state index contributed by atoms with van der Waals surface area (Å²) in [5.41, 5.74) is 10.6. The molecular weight excluding hydrogens is 452 g/mol. The minimum absolute atomic E-state index is 0.932. The zero-order chi connectivity index (χ0) is 24.3. The number of rotatable bonds is 2. The fraction of sp³-hybridized carbons (Fsp3) is 0. The second-order valence-electron chi connectivity index (χ2n) is 9.35. The van der Waals surface area contributed by atoms with Crippen LogP contribution in [0.2, 0.25) is 0 Å². The zero-order valence-corrected chi connectivity index (χ0v) is 19.8. The Balaban J connectivity index is 1.31. The van der Waals surface area contributed by atoms with Crippen molar-refractivity contribution < 1.29 is 0 Å². The number of aromatic nitrogens is 4. The van der Waals surface area contributed by atoms with Crippen molar-refractivity contribution in [2.45, 2.75) is 0 Å². The average Bonchev–Trinajstić information content (AvgIpc) is 3.32. The van der Waals surface area contributed by atoms with Crippen LogP contribution < -0.4 is 0 Å². The summed E-state index contributed by atoms with van der Waals surface area (Å²) >= 11 is 0. The highest BCUT2D eigenvalue weighted by Crippen LogP contribution is 2.37. The number of benzene rings is 4. The van der Waals surface area contributed by atoms with Crippen LogP contribution >= 0.6 is 0 Å². The van der Waals surface area contributed by atoms with Gasteiger partial charge in [0, 0.05) is 33.5 Å². The predicted molar refractivity (Wildman–Crippen MR) is 152 cm³/mol. The molecule has 0 saturated heterocycles. The van der Waals surface area contributed by atoms with Crippen molar-refractivity contribution in [1.29, 1.82) is 0 Å². The van der Waals surface area contributed by atoms with E-state index in [-0.39, 0.29) is 0 Å². The van der Waals surface area contributed by atoms with Gasteiger partial charge in [-0.1, -0.05) is 78.9 Å². The lowest BCUT2D eigenvalue weighted by atomic mass is 10.0. The van der Waals surface area contributed by atoms with Crippen molar-refractivity contribution in [3.63, 3.8) is 0 Å². The topological polar surface area (TPSA) is 43.1 Å². The van der Waals surface area contributed by atoms with Crippen LogP contribution in [0.25, 0.3) is 71.6 Å². The van der Waals surface area contributed by atoms with Crippen molar-refractivity contribution >= 4 is 49.3 Å². The third-order valence-electron chi connectivity index (χ3n) is 7.26. The Morgan fingerprint density at radius 2 is 1.24 bits per heavy atom. The first-order valence-electron chi connectivity index (χ1n) is 12.4. The van der Waals surface area contributed by atoms with Gasteiger partial charge in [-0.2, -0.15) is 0 Å². The van der Waals surface area contributed by atoms with Crippen LogP contribution in [0.5, 0.6) is 0 Å². The van der Waals surface area contributed by atoms with Crippen LogP contribution in [0.4, 0.5) is 0 Å². The summed E-state index contributed by atoms with van der Waals surface area (Å²) < 4.78 is 2.32. The molecule has 0 amide bonds. The highest BCUT2D eigenvalue weighted by molar-refractivity contribution is 6.08. The summed E-state index contributed by atoms with van der Waals surface area (Å²) in [6.07, 6.45) is 3.82. The van der Waals surface area contributed by atoms with Gasteiger partial charge in [0.2, 0.25) is 0 Å². The molecule has 172 valence electrons. The molecule has 4 heteroatoms. The van der Waals surface area contributed by atoms with Gasteiger partial charge in [-0.25, -0.2) is 4.98 Å². The maximum atomic E-state index is 5.02. The fourth-order valence-corrected chi connectivity index (χ4v) is 5.53. The molecule has 0 spiro atoms. The maximum Gasteiger partial charge on any atom is 0.0972 e. The Morgan fingerprint density at radius 3 is 2.14 bits per heavy atom. The molecule has 0 aliphatic heterocycles. The van der Waals surface area contributed by atoms with E-state index in [1.165, 1.54) is 16.5 Å². The van der Waals surface area contributed by atoms with E-state index in [4.69, 9.17) is 9.97 Å². The average molecular weight is 473 g/mol. The third-order valence-corrected chi connectivity index (χ3v) is 7.26. The zero-order valence-electron chi connectivity index (χ0n) is 19.8. The minimum atomic E-state index is 0.932. The Kier molecular flexibility index (Phi) is 4.19. The van der Waals surface area contributed by atoms with E-state index in [1.54, 1.807) is 0 Å². The van der Waals surface area contributed by atoms with Crippen molar-refractivity contribution in [2.75, 3.05) is 0 Å². The number of pyridine rings is 2. The first kappa shape index (κ1) is 20.1. The third kappa shape index (κ3) is 2.99. The molecule has 0 radical (unpaired) electrons. The van der Waals surface area contributed by atoms with Gasteiger partial charge in [0.15, 0.2) is 0 Å². The number of hydrogen-bond donors (Lipinski definition) is 0. The molecular formula is C33H20N4. The number of fused-ring (bicyclic) bond motifs is 8. The maximum absolute atomic E-state index is 5.02. The molecule has 0 aliphatic rings. The van der Waals surface area contributed by atoms with Gasteiger partial charge in [0.25, 0.3) is 0 Å². The molecule has 0 unspecified atom stereocenters. The number of nitrogens with zero attached hydrogens (tertiary/aromatic N) is 4. The Bertz CT molecular complexity index is 2140. The van der Waals surface area contributed by atoms with Gasteiger partial charge >= 0.3 is 0 Å². The molecule has 37 heavy (non-hydrogen) atoms. The summed E-state index contributed by atoms with van der Waals surface area (Å²) in [6.45, 7) is 0. The molecule has 4 nitrogen and oxygen atoms in total. The highest BCUT2D eigenvalue weighted by atomic mass is 14.9. The molecule has 4 aromatic carbocycles. The van der Waals surface area contributed by atoms with Gasteiger partial charge < -0.3 is 4.40 Å². The van der Waals surface area contributed by atoms with Gasteiger partial charge in [-0.3, -0.25) is 9.97 Å². The summed E-state index contributed by atoms with van der Waals surface area (Å²) in [5.74, 6) is 0. The van der Waals surface area contributed by atoms with Crippen LogP contribution in [-0.2, 0) is 0 Å². The molecule has 0 N–H and O–H groups in total. The Morgan fingerprint density at radius 1 is 0.514 bits per heavy atom. The first-order chi connectivity index (χ1) is 18.3.